The maximum atomic E-state index is 6.34. The van der Waals surface area contributed by atoms with Crippen molar-refractivity contribution in [3.63, 3.8) is 0 Å². The topological polar surface area (TPSA) is 41.8 Å². The van der Waals surface area contributed by atoms with Gasteiger partial charge >= 0.3 is 0 Å². The first-order valence-corrected chi connectivity index (χ1v) is 5.35. The molecule has 0 bridgehead atoms. The summed E-state index contributed by atoms with van der Waals surface area (Å²) in [4.78, 5) is 3.33. The predicted octanol–water partition coefficient (Wildman–Crippen LogP) is 3.70. The average Bonchev–Trinajstić information content (AvgIpc) is 2.44. The zero-order valence-electron chi connectivity index (χ0n) is 9.19. The summed E-state index contributed by atoms with van der Waals surface area (Å²) in [6, 6.07) is 5.79. The lowest BCUT2D eigenvalue weighted by atomic mass is 9.92. The van der Waals surface area contributed by atoms with Gasteiger partial charge in [0, 0.05) is 27.7 Å². The van der Waals surface area contributed by atoms with E-state index >= 15 is 0 Å². The molecule has 1 heterocycles. The molecule has 2 aromatic rings. The molecule has 0 saturated heterocycles. The van der Waals surface area contributed by atoms with Crippen LogP contribution in [0, 0.1) is 0 Å². The Kier molecular flexibility index (Phi) is 2.19. The van der Waals surface area contributed by atoms with Crippen LogP contribution >= 0.6 is 11.6 Å². The van der Waals surface area contributed by atoms with Crippen molar-refractivity contribution >= 4 is 28.2 Å². The summed E-state index contributed by atoms with van der Waals surface area (Å²) < 4.78 is 0. The second-order valence-electron chi connectivity index (χ2n) is 4.83. The molecule has 0 amide bonds. The van der Waals surface area contributed by atoms with Crippen molar-refractivity contribution in [1.82, 2.24) is 4.98 Å². The molecule has 0 fully saturated rings. The van der Waals surface area contributed by atoms with Crippen LogP contribution < -0.4 is 5.73 Å². The number of nitrogen functional groups attached to an aromatic ring is 1. The highest BCUT2D eigenvalue weighted by Crippen LogP contribution is 2.37. The van der Waals surface area contributed by atoms with E-state index < -0.39 is 0 Å². The van der Waals surface area contributed by atoms with Gasteiger partial charge in [0.05, 0.1) is 5.02 Å². The molecule has 15 heavy (non-hydrogen) atoms. The third kappa shape index (κ3) is 1.59. The molecule has 1 aromatic heterocycles. The molecule has 0 saturated carbocycles. The minimum atomic E-state index is 0.00252. The number of fused-ring (bicyclic) bond motifs is 1. The van der Waals surface area contributed by atoms with Gasteiger partial charge in [-0.05, 0) is 12.1 Å². The number of benzene rings is 1. The lowest BCUT2D eigenvalue weighted by Crippen LogP contribution is -2.11. The van der Waals surface area contributed by atoms with Crippen LogP contribution in [-0.2, 0) is 5.41 Å². The van der Waals surface area contributed by atoms with Crippen LogP contribution in [0.1, 0.15) is 26.5 Å². The van der Waals surface area contributed by atoms with E-state index in [1.165, 1.54) is 0 Å². The Morgan fingerprint density at radius 3 is 2.47 bits per heavy atom. The van der Waals surface area contributed by atoms with E-state index in [9.17, 15) is 0 Å². The number of rotatable bonds is 0. The molecule has 0 atom stereocenters. The standard InChI is InChI=1S/C12H15ClN2/c1-12(2,3)11-10(13)9-7(14)5-4-6-8(9)15-11/h4-6,15H,14H2,1-3H3. The van der Waals surface area contributed by atoms with Crippen LogP contribution in [0.5, 0.6) is 0 Å². The highest BCUT2D eigenvalue weighted by molar-refractivity contribution is 6.37. The lowest BCUT2D eigenvalue weighted by molar-refractivity contribution is 0.574. The average molecular weight is 223 g/mol. The molecule has 2 nitrogen and oxygen atoms in total. The van der Waals surface area contributed by atoms with Crippen LogP contribution in [0.3, 0.4) is 0 Å². The van der Waals surface area contributed by atoms with Crippen molar-refractivity contribution in [2.75, 3.05) is 5.73 Å². The summed E-state index contributed by atoms with van der Waals surface area (Å²) in [6.07, 6.45) is 0. The van der Waals surface area contributed by atoms with Gasteiger partial charge in [-0.15, -0.1) is 0 Å². The fourth-order valence-corrected chi connectivity index (χ4v) is 2.29. The fraction of sp³-hybridized carbons (Fsp3) is 0.333. The molecule has 2 rings (SSSR count). The third-order valence-corrected chi connectivity index (χ3v) is 2.92. The van der Waals surface area contributed by atoms with E-state index in [-0.39, 0.29) is 5.41 Å². The number of aromatic amines is 1. The Morgan fingerprint density at radius 2 is 1.93 bits per heavy atom. The predicted molar refractivity (Wildman–Crippen MR) is 66.4 cm³/mol. The van der Waals surface area contributed by atoms with Gasteiger partial charge in [0.25, 0.3) is 0 Å². The Hall–Kier alpha value is -1.15. The molecule has 80 valence electrons. The summed E-state index contributed by atoms with van der Waals surface area (Å²) in [5, 5.41) is 1.68. The second-order valence-corrected chi connectivity index (χ2v) is 5.21. The fourth-order valence-electron chi connectivity index (χ4n) is 1.75. The zero-order valence-corrected chi connectivity index (χ0v) is 9.94. The minimum absolute atomic E-state index is 0.00252. The SMILES string of the molecule is CC(C)(C)c1[nH]c2cccc(N)c2c1Cl. The van der Waals surface area contributed by atoms with Crippen LogP contribution in [-0.4, -0.2) is 4.98 Å². The number of H-pyrrole nitrogens is 1. The summed E-state index contributed by atoms with van der Waals surface area (Å²) in [7, 11) is 0. The van der Waals surface area contributed by atoms with Crippen molar-refractivity contribution in [3.8, 4) is 0 Å². The van der Waals surface area contributed by atoms with Crippen LogP contribution in [0.15, 0.2) is 18.2 Å². The van der Waals surface area contributed by atoms with Gasteiger partial charge in [0.1, 0.15) is 0 Å². The minimum Gasteiger partial charge on any atom is -0.398 e. The van der Waals surface area contributed by atoms with Gasteiger partial charge in [-0.2, -0.15) is 0 Å². The second kappa shape index (κ2) is 3.17. The molecule has 3 N–H and O–H groups in total. The van der Waals surface area contributed by atoms with E-state index in [0.717, 1.165) is 27.3 Å². The third-order valence-electron chi connectivity index (χ3n) is 2.55. The Labute approximate surface area is 94.4 Å². The smallest absolute Gasteiger partial charge is 0.0718 e. The van der Waals surface area contributed by atoms with E-state index in [4.69, 9.17) is 17.3 Å². The highest BCUT2D eigenvalue weighted by atomic mass is 35.5. The van der Waals surface area contributed by atoms with Crippen LogP contribution in [0.4, 0.5) is 5.69 Å². The normalized spacial score (nSPS) is 12.3. The van der Waals surface area contributed by atoms with Crippen LogP contribution in [0.25, 0.3) is 10.9 Å². The number of halogens is 1. The quantitative estimate of drug-likeness (QED) is 0.656. The van der Waals surface area contributed by atoms with E-state index in [1.54, 1.807) is 0 Å². The van der Waals surface area contributed by atoms with E-state index in [0.29, 0.717) is 0 Å². The first kappa shape index (κ1) is 10.4. The van der Waals surface area contributed by atoms with Gasteiger partial charge in [0.15, 0.2) is 0 Å². The molecule has 3 heteroatoms. The summed E-state index contributed by atoms with van der Waals surface area (Å²) in [5.74, 6) is 0. The number of hydrogen-bond acceptors (Lipinski definition) is 1. The monoisotopic (exact) mass is 222 g/mol. The number of anilines is 1. The van der Waals surface area contributed by atoms with Crippen molar-refractivity contribution in [2.24, 2.45) is 0 Å². The summed E-state index contributed by atoms with van der Waals surface area (Å²) >= 11 is 6.34. The molecule has 0 aliphatic heterocycles. The number of hydrogen-bond donors (Lipinski definition) is 2. The number of aromatic nitrogens is 1. The largest absolute Gasteiger partial charge is 0.398 e. The maximum Gasteiger partial charge on any atom is 0.0718 e. The zero-order chi connectivity index (χ0) is 11.2. The van der Waals surface area contributed by atoms with Gasteiger partial charge in [0.2, 0.25) is 0 Å². The molecular weight excluding hydrogens is 208 g/mol. The molecule has 1 aromatic carbocycles. The first-order chi connectivity index (χ1) is 6.91. The molecule has 0 radical (unpaired) electrons. The van der Waals surface area contributed by atoms with Gasteiger partial charge in [-0.3, -0.25) is 0 Å². The summed E-state index contributed by atoms with van der Waals surface area (Å²) in [5.41, 5.74) is 8.68. The Bertz CT molecular complexity index is 506. The van der Waals surface area contributed by atoms with Crippen molar-refractivity contribution in [1.29, 1.82) is 0 Å². The van der Waals surface area contributed by atoms with Gasteiger partial charge in [-0.25, -0.2) is 0 Å². The van der Waals surface area contributed by atoms with Crippen molar-refractivity contribution in [2.45, 2.75) is 26.2 Å². The van der Waals surface area contributed by atoms with Gasteiger partial charge in [-0.1, -0.05) is 38.4 Å². The summed E-state index contributed by atoms with van der Waals surface area (Å²) in [6.45, 7) is 6.37. The molecule has 0 aliphatic rings. The van der Waals surface area contributed by atoms with Gasteiger partial charge < -0.3 is 10.7 Å². The van der Waals surface area contributed by atoms with E-state index in [1.807, 2.05) is 18.2 Å². The van der Waals surface area contributed by atoms with Crippen molar-refractivity contribution in [3.05, 3.63) is 28.9 Å². The highest BCUT2D eigenvalue weighted by Gasteiger charge is 2.22. The Balaban J connectivity index is 2.82. The lowest BCUT2D eigenvalue weighted by Gasteiger charge is -2.17. The van der Waals surface area contributed by atoms with E-state index in [2.05, 4.69) is 25.8 Å². The maximum absolute atomic E-state index is 6.34. The molecular formula is C12H15ClN2. The van der Waals surface area contributed by atoms with Crippen LogP contribution in [0.2, 0.25) is 5.02 Å². The molecule has 0 spiro atoms. The Morgan fingerprint density at radius 1 is 1.27 bits per heavy atom. The first-order valence-electron chi connectivity index (χ1n) is 4.97. The number of nitrogens with two attached hydrogens (primary N) is 1. The van der Waals surface area contributed by atoms with Crippen molar-refractivity contribution < 1.29 is 0 Å². The molecule has 0 unspecified atom stereocenters. The molecule has 0 aliphatic carbocycles. The number of nitrogens with one attached hydrogen (secondary N) is 1.